The molecule has 1 atom stereocenters. The van der Waals surface area contributed by atoms with E-state index in [2.05, 4.69) is 26.6 Å². The number of anilines is 1. The van der Waals surface area contributed by atoms with Crippen LogP contribution in [0.25, 0.3) is 0 Å². The van der Waals surface area contributed by atoms with Crippen LogP contribution in [0, 0.1) is 18.2 Å². The molecule has 1 amide bonds. The fraction of sp³-hybridized carbons (Fsp3) is 0.385. The maximum atomic E-state index is 14.0. The molecule has 1 aromatic carbocycles. The largest absolute Gasteiger partial charge is 0.480 e. The monoisotopic (exact) mass is 344 g/mol. The van der Waals surface area contributed by atoms with E-state index in [1.165, 1.54) is 6.07 Å². The molecule has 0 radical (unpaired) electrons. The Hall–Kier alpha value is -1.47. The normalized spacial score (nSPS) is 21.8. The molecular formula is C13H14BrFN2O3. The van der Waals surface area contributed by atoms with E-state index in [0.717, 1.165) is 0 Å². The first kappa shape index (κ1) is 14.9. The summed E-state index contributed by atoms with van der Waals surface area (Å²) in [5.74, 6) is -2.47. The van der Waals surface area contributed by atoms with Crippen molar-refractivity contribution in [2.45, 2.75) is 13.3 Å². The highest BCUT2D eigenvalue weighted by Crippen LogP contribution is 2.30. The number of carboxylic acid groups (broad SMARTS) is 1. The molecule has 1 aliphatic rings. The third-order valence-corrected chi connectivity index (χ3v) is 4.43. The first-order valence-corrected chi connectivity index (χ1v) is 6.88. The highest BCUT2D eigenvalue weighted by Gasteiger charge is 2.48. The molecule has 0 spiro atoms. The van der Waals surface area contributed by atoms with Crippen LogP contribution in [0.15, 0.2) is 16.6 Å². The molecule has 3 N–H and O–H groups in total. The minimum atomic E-state index is -1.53. The van der Waals surface area contributed by atoms with Crippen molar-refractivity contribution < 1.29 is 19.1 Å². The average molecular weight is 345 g/mol. The molecule has 0 bridgehead atoms. The smallest absolute Gasteiger partial charge is 0.320 e. The van der Waals surface area contributed by atoms with Crippen LogP contribution in [0.2, 0.25) is 0 Å². The molecular weight excluding hydrogens is 331 g/mol. The van der Waals surface area contributed by atoms with Crippen molar-refractivity contribution in [2.24, 2.45) is 5.41 Å². The zero-order valence-corrected chi connectivity index (χ0v) is 12.4. The van der Waals surface area contributed by atoms with Gasteiger partial charge >= 0.3 is 5.97 Å². The molecule has 1 unspecified atom stereocenters. The van der Waals surface area contributed by atoms with Gasteiger partial charge in [0.2, 0.25) is 5.91 Å². The second-order valence-electron chi connectivity index (χ2n) is 4.80. The number of carboxylic acids is 1. The van der Waals surface area contributed by atoms with E-state index in [4.69, 9.17) is 0 Å². The Balaban J connectivity index is 2.28. The average Bonchev–Trinajstić information content (AvgIpc) is 2.90. The minimum Gasteiger partial charge on any atom is -0.480 e. The fourth-order valence-corrected chi connectivity index (χ4v) is 2.47. The number of hydrogen-bond acceptors (Lipinski definition) is 3. The third-order valence-electron chi connectivity index (χ3n) is 3.57. The second kappa shape index (κ2) is 5.49. The van der Waals surface area contributed by atoms with E-state index in [1.807, 2.05) is 0 Å². The zero-order valence-electron chi connectivity index (χ0n) is 10.8. The molecule has 0 aromatic heterocycles. The van der Waals surface area contributed by atoms with Gasteiger partial charge in [-0.2, -0.15) is 0 Å². The van der Waals surface area contributed by atoms with Crippen LogP contribution in [0.4, 0.5) is 10.1 Å². The SMILES string of the molecule is Cc1c(Br)ccc(NC(=O)C2(C(=O)O)CCNC2)c1F. The van der Waals surface area contributed by atoms with Gasteiger partial charge in [0, 0.05) is 16.6 Å². The lowest BCUT2D eigenvalue weighted by Gasteiger charge is -2.22. The highest BCUT2D eigenvalue weighted by molar-refractivity contribution is 9.10. The number of aliphatic carboxylic acids is 1. The van der Waals surface area contributed by atoms with Gasteiger partial charge in [0.15, 0.2) is 11.2 Å². The Morgan fingerprint density at radius 3 is 2.75 bits per heavy atom. The standard InChI is InChI=1S/C13H14BrFN2O3/c1-7-8(14)2-3-9(10(7)15)17-11(18)13(12(19)20)4-5-16-6-13/h2-3,16H,4-6H2,1H3,(H,17,18)(H,19,20). The molecule has 7 heteroatoms. The zero-order chi connectivity index (χ0) is 14.9. The molecule has 5 nitrogen and oxygen atoms in total. The van der Waals surface area contributed by atoms with E-state index in [-0.39, 0.29) is 18.7 Å². The molecule has 0 saturated carbocycles. The lowest BCUT2D eigenvalue weighted by Crippen LogP contribution is -2.44. The van der Waals surface area contributed by atoms with Crippen LogP contribution in [-0.2, 0) is 9.59 Å². The number of carbonyl (C=O) groups excluding carboxylic acids is 1. The Labute approximate surface area is 123 Å². The summed E-state index contributed by atoms with van der Waals surface area (Å²) in [4.78, 5) is 23.6. The highest BCUT2D eigenvalue weighted by atomic mass is 79.9. The van der Waals surface area contributed by atoms with Crippen LogP contribution < -0.4 is 10.6 Å². The van der Waals surface area contributed by atoms with Crippen LogP contribution >= 0.6 is 15.9 Å². The number of rotatable bonds is 3. The van der Waals surface area contributed by atoms with E-state index >= 15 is 0 Å². The van der Waals surface area contributed by atoms with Gasteiger partial charge in [-0.1, -0.05) is 15.9 Å². The van der Waals surface area contributed by atoms with Crippen molar-refractivity contribution >= 4 is 33.5 Å². The second-order valence-corrected chi connectivity index (χ2v) is 5.66. The lowest BCUT2D eigenvalue weighted by molar-refractivity contribution is -0.152. The summed E-state index contributed by atoms with van der Waals surface area (Å²) in [5, 5.41) is 14.5. The number of carbonyl (C=O) groups is 2. The van der Waals surface area contributed by atoms with Gasteiger partial charge in [0.25, 0.3) is 0 Å². The Bertz CT molecular complexity index is 571. The summed E-state index contributed by atoms with van der Waals surface area (Å²) in [7, 11) is 0. The predicted octanol–water partition coefficient (Wildman–Crippen LogP) is 1.90. The van der Waals surface area contributed by atoms with E-state index < -0.39 is 23.1 Å². The van der Waals surface area contributed by atoms with Gasteiger partial charge in [-0.25, -0.2) is 4.39 Å². The summed E-state index contributed by atoms with van der Waals surface area (Å²) < 4.78 is 14.6. The van der Waals surface area contributed by atoms with Crippen LogP contribution in [0.5, 0.6) is 0 Å². The van der Waals surface area contributed by atoms with Crippen LogP contribution in [0.3, 0.4) is 0 Å². The molecule has 20 heavy (non-hydrogen) atoms. The van der Waals surface area contributed by atoms with Crippen molar-refractivity contribution in [3.8, 4) is 0 Å². The fourth-order valence-electron chi connectivity index (χ4n) is 2.17. The van der Waals surface area contributed by atoms with Gasteiger partial charge < -0.3 is 15.7 Å². The summed E-state index contributed by atoms with van der Waals surface area (Å²) in [5.41, 5.74) is -1.19. The maximum Gasteiger partial charge on any atom is 0.320 e. The van der Waals surface area contributed by atoms with Crippen molar-refractivity contribution in [3.05, 3.63) is 28.0 Å². The molecule has 108 valence electrons. The van der Waals surface area contributed by atoms with Gasteiger partial charge in [0.05, 0.1) is 5.69 Å². The van der Waals surface area contributed by atoms with E-state index in [1.54, 1.807) is 13.0 Å². The van der Waals surface area contributed by atoms with Gasteiger partial charge in [-0.3, -0.25) is 9.59 Å². The van der Waals surface area contributed by atoms with Gasteiger partial charge in [-0.05, 0) is 32.0 Å². The van der Waals surface area contributed by atoms with Crippen molar-refractivity contribution in [2.75, 3.05) is 18.4 Å². The number of halogens is 2. The molecule has 1 aliphatic heterocycles. The van der Waals surface area contributed by atoms with Gasteiger partial charge in [-0.15, -0.1) is 0 Å². The van der Waals surface area contributed by atoms with E-state index in [9.17, 15) is 19.1 Å². The molecule has 2 rings (SSSR count). The third kappa shape index (κ3) is 2.43. The maximum absolute atomic E-state index is 14.0. The predicted molar refractivity (Wildman–Crippen MR) is 75.0 cm³/mol. The lowest BCUT2D eigenvalue weighted by atomic mass is 9.86. The molecule has 0 aliphatic carbocycles. The van der Waals surface area contributed by atoms with Crippen molar-refractivity contribution in [3.63, 3.8) is 0 Å². The summed E-state index contributed by atoms with van der Waals surface area (Å²) in [6, 6.07) is 3.01. The number of benzene rings is 1. The van der Waals surface area contributed by atoms with Crippen LogP contribution in [-0.4, -0.2) is 30.1 Å². The minimum absolute atomic E-state index is 0.0109. The number of nitrogens with one attached hydrogen (secondary N) is 2. The Kier molecular flexibility index (Phi) is 4.10. The summed E-state index contributed by atoms with van der Waals surface area (Å²) in [6.07, 6.45) is 0.186. The topological polar surface area (TPSA) is 78.4 Å². The quantitative estimate of drug-likeness (QED) is 0.732. The van der Waals surface area contributed by atoms with Gasteiger partial charge in [0.1, 0.15) is 0 Å². The Morgan fingerprint density at radius 1 is 1.50 bits per heavy atom. The molecule has 1 saturated heterocycles. The number of amides is 1. The van der Waals surface area contributed by atoms with Crippen molar-refractivity contribution in [1.82, 2.24) is 5.32 Å². The molecule has 1 heterocycles. The number of hydrogen-bond donors (Lipinski definition) is 3. The molecule has 1 aromatic rings. The summed E-state index contributed by atoms with van der Waals surface area (Å²) >= 11 is 3.19. The summed E-state index contributed by atoms with van der Waals surface area (Å²) in [6.45, 7) is 2.06. The Morgan fingerprint density at radius 2 is 2.20 bits per heavy atom. The van der Waals surface area contributed by atoms with Crippen molar-refractivity contribution in [1.29, 1.82) is 0 Å². The van der Waals surface area contributed by atoms with E-state index in [0.29, 0.717) is 16.6 Å². The van der Waals surface area contributed by atoms with Crippen LogP contribution in [0.1, 0.15) is 12.0 Å². The first-order valence-electron chi connectivity index (χ1n) is 6.08. The molecule has 1 fully saturated rings. The first-order chi connectivity index (χ1) is 9.38.